The lowest BCUT2D eigenvalue weighted by molar-refractivity contribution is -0.135. The predicted octanol–water partition coefficient (Wildman–Crippen LogP) is 1.75. The molecule has 1 N–H and O–H groups in total. The number of carbonyl (C=O) groups excluding carboxylic acids is 1. The van der Waals surface area contributed by atoms with Crippen molar-refractivity contribution in [2.45, 2.75) is 38.3 Å². The van der Waals surface area contributed by atoms with E-state index >= 15 is 0 Å². The standard InChI is InChI=1S/C15H20FNO3/c1-15(2)13(18)6-7-17(15)14(19)8-10-4-5-11(20-3)9-12(10)16/h4-5,9,13,18H,6-8H2,1-3H3. The first-order chi connectivity index (χ1) is 9.36. The van der Waals surface area contributed by atoms with Gasteiger partial charge in [0.2, 0.25) is 5.91 Å². The van der Waals surface area contributed by atoms with Gasteiger partial charge >= 0.3 is 0 Å². The molecule has 5 heteroatoms. The Bertz CT molecular complexity index is 516. The fourth-order valence-electron chi connectivity index (χ4n) is 2.58. The summed E-state index contributed by atoms with van der Waals surface area (Å²) in [6, 6.07) is 4.47. The number of amides is 1. The van der Waals surface area contributed by atoms with Crippen molar-refractivity contribution in [1.29, 1.82) is 0 Å². The molecule has 0 bridgehead atoms. The van der Waals surface area contributed by atoms with Crippen molar-refractivity contribution in [3.05, 3.63) is 29.6 Å². The van der Waals surface area contributed by atoms with Gasteiger partial charge in [0.15, 0.2) is 0 Å². The lowest BCUT2D eigenvalue weighted by Gasteiger charge is -2.34. The molecule has 20 heavy (non-hydrogen) atoms. The predicted molar refractivity (Wildman–Crippen MR) is 73.1 cm³/mol. The molecule has 1 aliphatic rings. The molecule has 1 amide bonds. The molecule has 4 nitrogen and oxygen atoms in total. The first kappa shape index (κ1) is 14.8. The number of rotatable bonds is 3. The summed E-state index contributed by atoms with van der Waals surface area (Å²) < 4.78 is 18.8. The van der Waals surface area contributed by atoms with Crippen molar-refractivity contribution in [1.82, 2.24) is 4.90 Å². The quantitative estimate of drug-likeness (QED) is 0.918. The van der Waals surface area contributed by atoms with Gasteiger partial charge in [-0.15, -0.1) is 0 Å². The van der Waals surface area contributed by atoms with Gasteiger partial charge in [-0.1, -0.05) is 6.07 Å². The summed E-state index contributed by atoms with van der Waals surface area (Å²) in [6.45, 7) is 4.16. The van der Waals surface area contributed by atoms with E-state index in [0.29, 0.717) is 24.3 Å². The van der Waals surface area contributed by atoms with Crippen molar-refractivity contribution < 1.29 is 19.0 Å². The number of likely N-dealkylation sites (tertiary alicyclic amines) is 1. The Kier molecular flexibility index (Phi) is 3.99. The molecule has 0 aromatic heterocycles. The minimum absolute atomic E-state index is 0.00796. The van der Waals surface area contributed by atoms with Crippen LogP contribution in [0, 0.1) is 5.82 Å². The Labute approximate surface area is 118 Å². The van der Waals surface area contributed by atoms with Crippen LogP contribution in [-0.4, -0.2) is 41.2 Å². The van der Waals surface area contributed by atoms with Gasteiger partial charge in [-0.25, -0.2) is 4.39 Å². The van der Waals surface area contributed by atoms with E-state index in [0.717, 1.165) is 0 Å². The first-order valence-electron chi connectivity index (χ1n) is 6.67. The Morgan fingerprint density at radius 2 is 2.25 bits per heavy atom. The number of aliphatic hydroxyl groups is 1. The Morgan fingerprint density at radius 1 is 1.55 bits per heavy atom. The second kappa shape index (κ2) is 5.40. The SMILES string of the molecule is COc1ccc(CC(=O)N2CCC(O)C2(C)C)c(F)c1. The average Bonchev–Trinajstić information content (AvgIpc) is 2.66. The largest absolute Gasteiger partial charge is 0.497 e. The monoisotopic (exact) mass is 281 g/mol. The van der Waals surface area contributed by atoms with Crippen LogP contribution in [0.3, 0.4) is 0 Å². The number of benzene rings is 1. The molecule has 1 saturated heterocycles. The molecule has 0 spiro atoms. The lowest BCUT2D eigenvalue weighted by Crippen LogP contribution is -2.48. The van der Waals surface area contributed by atoms with E-state index in [-0.39, 0.29) is 12.3 Å². The number of carbonyl (C=O) groups is 1. The van der Waals surface area contributed by atoms with Crippen LogP contribution in [0.5, 0.6) is 5.75 Å². The number of aliphatic hydroxyl groups excluding tert-OH is 1. The second-order valence-corrected chi connectivity index (χ2v) is 5.64. The maximum Gasteiger partial charge on any atom is 0.227 e. The van der Waals surface area contributed by atoms with Gasteiger partial charge in [0.05, 0.1) is 25.2 Å². The average molecular weight is 281 g/mol. The van der Waals surface area contributed by atoms with Crippen LogP contribution >= 0.6 is 0 Å². The van der Waals surface area contributed by atoms with Crippen molar-refractivity contribution in [2.24, 2.45) is 0 Å². The molecule has 1 aliphatic heterocycles. The molecular weight excluding hydrogens is 261 g/mol. The molecule has 0 radical (unpaired) electrons. The molecule has 1 heterocycles. The summed E-state index contributed by atoms with van der Waals surface area (Å²) >= 11 is 0. The minimum atomic E-state index is -0.597. The number of halogens is 1. The molecule has 1 fully saturated rings. The molecule has 0 saturated carbocycles. The highest BCUT2D eigenvalue weighted by molar-refractivity contribution is 5.80. The highest BCUT2D eigenvalue weighted by Gasteiger charge is 2.42. The van der Waals surface area contributed by atoms with Crippen LogP contribution in [0.25, 0.3) is 0 Å². The van der Waals surface area contributed by atoms with Crippen LogP contribution < -0.4 is 4.74 Å². The third-order valence-electron chi connectivity index (χ3n) is 4.04. The Morgan fingerprint density at radius 3 is 2.75 bits per heavy atom. The summed E-state index contributed by atoms with van der Waals surface area (Å²) in [5.41, 5.74) is -0.256. The molecular formula is C15H20FNO3. The maximum absolute atomic E-state index is 13.9. The van der Waals surface area contributed by atoms with Crippen molar-refractivity contribution in [2.75, 3.05) is 13.7 Å². The van der Waals surface area contributed by atoms with E-state index in [2.05, 4.69) is 0 Å². The Hall–Kier alpha value is -1.62. The second-order valence-electron chi connectivity index (χ2n) is 5.64. The zero-order chi connectivity index (χ0) is 14.9. The van der Waals surface area contributed by atoms with Gasteiger partial charge < -0.3 is 14.7 Å². The number of hydrogen-bond donors (Lipinski definition) is 1. The number of methoxy groups -OCH3 is 1. The van der Waals surface area contributed by atoms with Gasteiger partial charge in [0, 0.05) is 12.6 Å². The van der Waals surface area contributed by atoms with E-state index in [4.69, 9.17) is 4.74 Å². The first-order valence-corrected chi connectivity index (χ1v) is 6.67. The highest BCUT2D eigenvalue weighted by Crippen LogP contribution is 2.29. The van der Waals surface area contributed by atoms with Crippen LogP contribution in [0.1, 0.15) is 25.8 Å². The summed E-state index contributed by atoms with van der Waals surface area (Å²) in [6.07, 6.45) is 0.0164. The van der Waals surface area contributed by atoms with E-state index in [1.54, 1.807) is 17.0 Å². The smallest absolute Gasteiger partial charge is 0.227 e. The van der Waals surface area contributed by atoms with Crippen LogP contribution in [0.15, 0.2) is 18.2 Å². The Balaban J connectivity index is 2.13. The topological polar surface area (TPSA) is 49.8 Å². The van der Waals surface area contributed by atoms with E-state index in [1.807, 2.05) is 13.8 Å². The summed E-state index contributed by atoms with van der Waals surface area (Å²) in [5, 5.41) is 9.88. The molecule has 2 rings (SSSR count). The van der Waals surface area contributed by atoms with Crippen LogP contribution in [0.4, 0.5) is 4.39 Å². The fraction of sp³-hybridized carbons (Fsp3) is 0.533. The number of nitrogens with zero attached hydrogens (tertiary/aromatic N) is 1. The maximum atomic E-state index is 13.9. The molecule has 0 aliphatic carbocycles. The molecule has 1 aromatic rings. The van der Waals surface area contributed by atoms with Gasteiger partial charge in [-0.3, -0.25) is 4.79 Å². The molecule has 1 atom stereocenters. The van der Waals surface area contributed by atoms with E-state index in [1.165, 1.54) is 13.2 Å². The molecule has 110 valence electrons. The highest BCUT2D eigenvalue weighted by atomic mass is 19.1. The lowest BCUT2D eigenvalue weighted by atomic mass is 9.98. The number of ether oxygens (including phenoxy) is 1. The zero-order valence-electron chi connectivity index (χ0n) is 12.0. The van der Waals surface area contributed by atoms with Crippen molar-refractivity contribution in [3.63, 3.8) is 0 Å². The summed E-state index contributed by atoms with van der Waals surface area (Å²) in [7, 11) is 1.47. The van der Waals surface area contributed by atoms with Crippen LogP contribution in [-0.2, 0) is 11.2 Å². The normalized spacial score (nSPS) is 21.1. The van der Waals surface area contributed by atoms with Gasteiger partial charge in [-0.05, 0) is 31.9 Å². The molecule has 1 unspecified atom stereocenters. The third-order valence-corrected chi connectivity index (χ3v) is 4.04. The zero-order valence-corrected chi connectivity index (χ0v) is 12.0. The number of hydrogen-bond acceptors (Lipinski definition) is 3. The van der Waals surface area contributed by atoms with Gasteiger partial charge in [0.1, 0.15) is 11.6 Å². The van der Waals surface area contributed by atoms with Crippen LogP contribution in [0.2, 0.25) is 0 Å². The van der Waals surface area contributed by atoms with Crippen molar-refractivity contribution >= 4 is 5.91 Å². The molecule has 1 aromatic carbocycles. The minimum Gasteiger partial charge on any atom is -0.497 e. The fourth-order valence-corrected chi connectivity index (χ4v) is 2.58. The summed E-state index contributed by atoms with van der Waals surface area (Å²) in [4.78, 5) is 13.9. The van der Waals surface area contributed by atoms with E-state index in [9.17, 15) is 14.3 Å². The van der Waals surface area contributed by atoms with E-state index < -0.39 is 17.5 Å². The summed E-state index contributed by atoms with van der Waals surface area (Å²) in [5.74, 6) is -0.193. The van der Waals surface area contributed by atoms with Gasteiger partial charge in [-0.2, -0.15) is 0 Å². The van der Waals surface area contributed by atoms with Crippen molar-refractivity contribution in [3.8, 4) is 5.75 Å². The third kappa shape index (κ3) is 2.63. The van der Waals surface area contributed by atoms with Gasteiger partial charge in [0.25, 0.3) is 0 Å².